The lowest BCUT2D eigenvalue weighted by Crippen LogP contribution is -2.47. The number of nitrogens with zero attached hydrogens (tertiary/aromatic N) is 1. The van der Waals surface area contributed by atoms with Crippen LogP contribution in [0.4, 0.5) is 0 Å². The molecule has 2 amide bonds. The average molecular weight is 447 g/mol. The molecule has 1 N–H and O–H groups in total. The fraction of sp³-hybridized carbons (Fsp3) is 0.333. The van der Waals surface area contributed by atoms with E-state index in [0.717, 1.165) is 17.3 Å². The van der Waals surface area contributed by atoms with Gasteiger partial charge in [-0.3, -0.25) is 9.59 Å². The van der Waals surface area contributed by atoms with Crippen molar-refractivity contribution in [2.45, 2.75) is 18.9 Å². The molecule has 6 nitrogen and oxygen atoms in total. The SMILES string of the molecule is COc1ccccc1OCC(=O)N1CCC(NC(=O)c2ccc(Br)cc2)CC1. The van der Waals surface area contributed by atoms with Crippen LogP contribution >= 0.6 is 15.9 Å². The van der Waals surface area contributed by atoms with Crippen LogP contribution in [0.15, 0.2) is 53.0 Å². The van der Waals surface area contributed by atoms with Crippen LogP contribution in [-0.4, -0.2) is 49.6 Å². The van der Waals surface area contributed by atoms with E-state index >= 15 is 0 Å². The van der Waals surface area contributed by atoms with Crippen molar-refractivity contribution in [2.24, 2.45) is 0 Å². The number of para-hydroxylation sites is 2. The highest BCUT2D eigenvalue weighted by Gasteiger charge is 2.24. The zero-order valence-corrected chi connectivity index (χ0v) is 17.3. The van der Waals surface area contributed by atoms with Crippen molar-refractivity contribution in [1.29, 1.82) is 0 Å². The van der Waals surface area contributed by atoms with Crippen LogP contribution in [0.3, 0.4) is 0 Å². The minimum atomic E-state index is -0.0863. The van der Waals surface area contributed by atoms with Crippen LogP contribution in [-0.2, 0) is 4.79 Å². The number of hydrogen-bond donors (Lipinski definition) is 1. The number of likely N-dealkylation sites (tertiary alicyclic amines) is 1. The zero-order valence-electron chi connectivity index (χ0n) is 15.7. The van der Waals surface area contributed by atoms with E-state index in [9.17, 15) is 9.59 Å². The number of carbonyl (C=O) groups is 2. The Labute approximate surface area is 172 Å². The number of amides is 2. The van der Waals surface area contributed by atoms with Gasteiger partial charge in [-0.2, -0.15) is 0 Å². The quantitative estimate of drug-likeness (QED) is 0.739. The number of nitrogens with one attached hydrogen (secondary N) is 1. The number of halogens is 1. The predicted octanol–water partition coefficient (Wildman–Crippen LogP) is 3.26. The summed E-state index contributed by atoms with van der Waals surface area (Å²) in [5.41, 5.74) is 0.631. The van der Waals surface area contributed by atoms with Gasteiger partial charge in [0.2, 0.25) is 0 Å². The van der Waals surface area contributed by atoms with E-state index in [1.165, 1.54) is 0 Å². The van der Waals surface area contributed by atoms with Gasteiger partial charge >= 0.3 is 0 Å². The van der Waals surface area contributed by atoms with Crippen LogP contribution in [0.25, 0.3) is 0 Å². The van der Waals surface area contributed by atoms with Gasteiger partial charge in [0.1, 0.15) is 0 Å². The van der Waals surface area contributed by atoms with E-state index in [0.29, 0.717) is 30.2 Å². The molecule has 2 aromatic carbocycles. The molecule has 28 heavy (non-hydrogen) atoms. The second-order valence-corrected chi connectivity index (χ2v) is 7.49. The summed E-state index contributed by atoms with van der Waals surface area (Å²) in [6, 6.07) is 14.6. The predicted molar refractivity (Wildman–Crippen MR) is 110 cm³/mol. The van der Waals surface area contributed by atoms with Crippen LogP contribution in [0, 0.1) is 0 Å². The third-order valence-corrected chi connectivity index (χ3v) is 5.24. The normalized spacial score (nSPS) is 14.4. The van der Waals surface area contributed by atoms with Crippen LogP contribution < -0.4 is 14.8 Å². The standard InChI is InChI=1S/C21H23BrN2O4/c1-27-18-4-2-3-5-19(18)28-14-20(25)24-12-10-17(11-13-24)23-21(26)15-6-8-16(22)9-7-15/h2-9,17H,10-14H2,1H3,(H,23,26). The molecule has 148 valence electrons. The van der Waals surface area contributed by atoms with E-state index in [2.05, 4.69) is 21.2 Å². The molecule has 1 aliphatic rings. The van der Waals surface area contributed by atoms with E-state index < -0.39 is 0 Å². The number of rotatable bonds is 6. The lowest BCUT2D eigenvalue weighted by molar-refractivity contribution is -0.134. The topological polar surface area (TPSA) is 67.9 Å². The van der Waals surface area contributed by atoms with Gasteiger partial charge in [-0.05, 0) is 49.2 Å². The monoisotopic (exact) mass is 446 g/mol. The lowest BCUT2D eigenvalue weighted by atomic mass is 10.0. The fourth-order valence-corrected chi connectivity index (χ4v) is 3.38. The van der Waals surface area contributed by atoms with Gasteiger partial charge in [0.15, 0.2) is 18.1 Å². The highest BCUT2D eigenvalue weighted by atomic mass is 79.9. The van der Waals surface area contributed by atoms with E-state index in [4.69, 9.17) is 9.47 Å². The summed E-state index contributed by atoms with van der Waals surface area (Å²) in [4.78, 5) is 26.5. The molecule has 0 radical (unpaired) electrons. The summed E-state index contributed by atoms with van der Waals surface area (Å²) in [6.07, 6.45) is 1.45. The molecule has 1 heterocycles. The molecule has 0 saturated carbocycles. The minimum absolute atomic E-state index is 0.0315. The Morgan fingerprint density at radius 2 is 1.71 bits per heavy atom. The molecule has 0 aliphatic carbocycles. The first-order valence-corrected chi connectivity index (χ1v) is 9.96. The van der Waals surface area contributed by atoms with Gasteiger partial charge in [-0.25, -0.2) is 0 Å². The van der Waals surface area contributed by atoms with Gasteiger partial charge in [-0.1, -0.05) is 28.1 Å². The summed E-state index contributed by atoms with van der Waals surface area (Å²) in [7, 11) is 1.57. The molecule has 3 rings (SSSR count). The molecule has 2 aromatic rings. The van der Waals surface area contributed by atoms with Crippen molar-refractivity contribution in [1.82, 2.24) is 10.2 Å². The van der Waals surface area contributed by atoms with E-state index in [-0.39, 0.29) is 24.5 Å². The second kappa shape index (κ2) is 9.59. The summed E-state index contributed by atoms with van der Waals surface area (Å²) >= 11 is 3.36. The Bertz CT molecular complexity index is 817. The molecular formula is C21H23BrN2O4. The van der Waals surface area contributed by atoms with Crippen molar-refractivity contribution < 1.29 is 19.1 Å². The minimum Gasteiger partial charge on any atom is -0.493 e. The fourth-order valence-electron chi connectivity index (χ4n) is 3.11. The molecule has 0 spiro atoms. The number of hydrogen-bond acceptors (Lipinski definition) is 4. The molecule has 1 aliphatic heterocycles. The number of ether oxygens (including phenoxy) is 2. The van der Waals surface area contributed by atoms with Gasteiger partial charge in [0.25, 0.3) is 11.8 Å². The van der Waals surface area contributed by atoms with Crippen molar-refractivity contribution in [3.8, 4) is 11.5 Å². The third-order valence-electron chi connectivity index (χ3n) is 4.71. The smallest absolute Gasteiger partial charge is 0.260 e. The Morgan fingerprint density at radius 1 is 1.07 bits per heavy atom. The van der Waals surface area contributed by atoms with Gasteiger partial charge in [0.05, 0.1) is 7.11 Å². The highest BCUT2D eigenvalue weighted by molar-refractivity contribution is 9.10. The summed E-state index contributed by atoms with van der Waals surface area (Å²) < 4.78 is 11.8. The maximum Gasteiger partial charge on any atom is 0.260 e. The van der Waals surface area contributed by atoms with Gasteiger partial charge in [0, 0.05) is 29.2 Å². The molecular weight excluding hydrogens is 424 g/mol. The van der Waals surface area contributed by atoms with Crippen molar-refractivity contribution in [2.75, 3.05) is 26.8 Å². The Hall–Kier alpha value is -2.54. The molecule has 0 aromatic heterocycles. The highest BCUT2D eigenvalue weighted by Crippen LogP contribution is 2.25. The van der Waals surface area contributed by atoms with E-state index in [1.54, 1.807) is 36.3 Å². The first kappa shape index (κ1) is 20.2. The molecule has 0 unspecified atom stereocenters. The van der Waals surface area contributed by atoms with Crippen LogP contribution in [0.2, 0.25) is 0 Å². The van der Waals surface area contributed by atoms with Crippen molar-refractivity contribution in [3.05, 3.63) is 58.6 Å². The molecule has 0 atom stereocenters. The first-order chi connectivity index (χ1) is 13.6. The van der Waals surface area contributed by atoms with Crippen molar-refractivity contribution >= 4 is 27.7 Å². The molecule has 1 saturated heterocycles. The van der Waals surface area contributed by atoms with Gasteiger partial charge in [-0.15, -0.1) is 0 Å². The molecule has 7 heteroatoms. The summed E-state index contributed by atoms with van der Waals surface area (Å²) in [5, 5.41) is 3.05. The Morgan fingerprint density at radius 3 is 2.36 bits per heavy atom. The average Bonchev–Trinajstić information content (AvgIpc) is 2.73. The largest absolute Gasteiger partial charge is 0.493 e. The summed E-state index contributed by atoms with van der Waals surface area (Å²) in [5.74, 6) is 1.00. The third kappa shape index (κ3) is 5.25. The second-order valence-electron chi connectivity index (χ2n) is 6.57. The van der Waals surface area contributed by atoms with E-state index in [1.807, 2.05) is 24.3 Å². The number of carbonyl (C=O) groups excluding carboxylic acids is 2. The number of benzene rings is 2. The Balaban J connectivity index is 1.45. The maximum absolute atomic E-state index is 12.4. The Kier molecular flexibility index (Phi) is 6.92. The van der Waals surface area contributed by atoms with Gasteiger partial charge < -0.3 is 19.7 Å². The number of methoxy groups -OCH3 is 1. The zero-order chi connectivity index (χ0) is 19.9. The van der Waals surface area contributed by atoms with Crippen LogP contribution in [0.1, 0.15) is 23.2 Å². The molecule has 1 fully saturated rings. The summed E-state index contributed by atoms with van der Waals surface area (Å²) in [6.45, 7) is 1.16. The lowest BCUT2D eigenvalue weighted by Gasteiger charge is -2.32. The maximum atomic E-state index is 12.4. The number of piperidine rings is 1. The molecule has 0 bridgehead atoms. The van der Waals surface area contributed by atoms with Crippen LogP contribution in [0.5, 0.6) is 11.5 Å². The van der Waals surface area contributed by atoms with Crippen molar-refractivity contribution in [3.63, 3.8) is 0 Å². The first-order valence-electron chi connectivity index (χ1n) is 9.17.